The second kappa shape index (κ2) is 4.51. The number of benzene rings is 1. The van der Waals surface area contributed by atoms with Gasteiger partial charge in [0.1, 0.15) is 4.88 Å². The highest BCUT2D eigenvalue weighted by Gasteiger charge is 2.38. The summed E-state index contributed by atoms with van der Waals surface area (Å²) in [6.07, 6.45) is 2.71. The molecule has 1 aliphatic carbocycles. The molecule has 1 aliphatic rings. The fourth-order valence-corrected chi connectivity index (χ4v) is 3.48. The molecular weight excluding hydrogens is 260 g/mol. The molecule has 5 heteroatoms. The Morgan fingerprint density at radius 2 is 2.16 bits per heavy atom. The molecule has 1 heterocycles. The molecule has 0 spiro atoms. The maximum absolute atomic E-state index is 12.3. The van der Waals surface area contributed by atoms with Gasteiger partial charge < -0.3 is 16.2 Å². The van der Waals surface area contributed by atoms with Gasteiger partial charge in [-0.05, 0) is 25.3 Å². The van der Waals surface area contributed by atoms with Gasteiger partial charge in [0.2, 0.25) is 0 Å². The normalized spacial score (nSPS) is 17.1. The second-order valence-electron chi connectivity index (χ2n) is 5.09. The van der Waals surface area contributed by atoms with Gasteiger partial charge in [0.05, 0.1) is 17.8 Å². The molecule has 0 saturated heterocycles. The molecule has 3 rings (SSSR count). The van der Waals surface area contributed by atoms with Crippen LogP contribution in [0.4, 0.5) is 5.69 Å². The minimum Gasteiger partial charge on any atom is -0.397 e. The van der Waals surface area contributed by atoms with Crippen LogP contribution in [0.3, 0.4) is 0 Å². The number of hydrogen-bond acceptors (Lipinski definition) is 4. The molecule has 0 atom stereocenters. The first-order valence-corrected chi connectivity index (χ1v) is 7.17. The Bertz CT molecular complexity index is 626. The average Bonchev–Trinajstić information content (AvgIpc) is 2.72. The van der Waals surface area contributed by atoms with E-state index < -0.39 is 5.54 Å². The van der Waals surface area contributed by atoms with Crippen LogP contribution in [-0.4, -0.2) is 23.2 Å². The molecule has 1 aromatic heterocycles. The number of nitrogen functional groups attached to an aromatic ring is 1. The molecule has 0 aliphatic heterocycles. The van der Waals surface area contributed by atoms with Gasteiger partial charge in [-0.2, -0.15) is 0 Å². The third-order valence-corrected chi connectivity index (χ3v) is 5.02. The first-order valence-electron chi connectivity index (χ1n) is 6.36. The molecule has 1 aromatic carbocycles. The van der Waals surface area contributed by atoms with Crippen molar-refractivity contribution in [2.75, 3.05) is 12.3 Å². The van der Waals surface area contributed by atoms with E-state index in [1.54, 1.807) is 0 Å². The number of hydrogen-bond donors (Lipinski definition) is 3. The van der Waals surface area contributed by atoms with Crippen LogP contribution in [0.15, 0.2) is 24.3 Å². The lowest BCUT2D eigenvalue weighted by molar-refractivity contribution is 0.0646. The van der Waals surface area contributed by atoms with Gasteiger partial charge in [-0.15, -0.1) is 11.3 Å². The minimum atomic E-state index is -0.431. The highest BCUT2D eigenvalue weighted by molar-refractivity contribution is 7.21. The van der Waals surface area contributed by atoms with E-state index in [2.05, 4.69) is 5.32 Å². The van der Waals surface area contributed by atoms with E-state index in [1.807, 2.05) is 24.3 Å². The number of rotatable bonds is 3. The van der Waals surface area contributed by atoms with E-state index >= 15 is 0 Å². The topological polar surface area (TPSA) is 75.4 Å². The molecule has 4 nitrogen and oxygen atoms in total. The fraction of sp³-hybridized carbons (Fsp3) is 0.357. The first-order chi connectivity index (χ1) is 9.15. The highest BCUT2D eigenvalue weighted by Crippen LogP contribution is 2.36. The predicted octanol–water partition coefficient (Wildman–Crippen LogP) is 2.13. The van der Waals surface area contributed by atoms with E-state index in [0.29, 0.717) is 10.6 Å². The third-order valence-electron chi connectivity index (χ3n) is 3.83. The molecule has 4 N–H and O–H groups in total. The number of aliphatic hydroxyl groups excluding tert-OH is 1. The van der Waals surface area contributed by atoms with E-state index in [4.69, 9.17) is 5.73 Å². The van der Waals surface area contributed by atoms with Crippen LogP contribution in [0.25, 0.3) is 10.1 Å². The summed E-state index contributed by atoms with van der Waals surface area (Å²) in [4.78, 5) is 12.9. The summed E-state index contributed by atoms with van der Waals surface area (Å²) in [6.45, 7) is -0.0104. The van der Waals surface area contributed by atoms with Crippen molar-refractivity contribution in [3.8, 4) is 0 Å². The van der Waals surface area contributed by atoms with Gasteiger partial charge in [-0.25, -0.2) is 0 Å². The Labute approximate surface area is 115 Å². The van der Waals surface area contributed by atoms with Crippen molar-refractivity contribution >= 4 is 33.0 Å². The summed E-state index contributed by atoms with van der Waals surface area (Å²) in [7, 11) is 0. The van der Waals surface area contributed by atoms with Gasteiger partial charge in [0.15, 0.2) is 0 Å². The summed E-state index contributed by atoms with van der Waals surface area (Å²) >= 11 is 1.40. The zero-order chi connectivity index (χ0) is 13.5. The Kier molecular flexibility index (Phi) is 2.95. The maximum atomic E-state index is 12.3. The van der Waals surface area contributed by atoms with Crippen LogP contribution in [0.1, 0.15) is 28.9 Å². The SMILES string of the molecule is Nc1c(C(=O)NC2(CO)CCC2)sc2ccccc12. The van der Waals surface area contributed by atoms with Crippen molar-refractivity contribution in [2.45, 2.75) is 24.8 Å². The highest BCUT2D eigenvalue weighted by atomic mass is 32.1. The Balaban J connectivity index is 1.91. The Hall–Kier alpha value is -1.59. The number of nitrogens with two attached hydrogens (primary N) is 1. The van der Waals surface area contributed by atoms with Crippen molar-refractivity contribution in [3.63, 3.8) is 0 Å². The molecule has 0 bridgehead atoms. The van der Waals surface area contributed by atoms with Crippen molar-refractivity contribution in [3.05, 3.63) is 29.1 Å². The zero-order valence-corrected chi connectivity index (χ0v) is 11.3. The summed E-state index contributed by atoms with van der Waals surface area (Å²) in [5.41, 5.74) is 6.15. The predicted molar refractivity (Wildman–Crippen MR) is 77.4 cm³/mol. The number of anilines is 1. The van der Waals surface area contributed by atoms with Gasteiger partial charge >= 0.3 is 0 Å². The summed E-state index contributed by atoms with van der Waals surface area (Å²) < 4.78 is 1.01. The molecule has 1 saturated carbocycles. The van der Waals surface area contributed by atoms with Gasteiger partial charge in [0.25, 0.3) is 5.91 Å². The summed E-state index contributed by atoms with van der Waals surface area (Å²) in [5.74, 6) is -0.174. The molecule has 0 radical (unpaired) electrons. The van der Waals surface area contributed by atoms with E-state index in [1.165, 1.54) is 11.3 Å². The second-order valence-corrected chi connectivity index (χ2v) is 6.14. The zero-order valence-electron chi connectivity index (χ0n) is 10.5. The minimum absolute atomic E-state index is 0.0104. The van der Waals surface area contributed by atoms with Crippen molar-refractivity contribution in [1.82, 2.24) is 5.32 Å². The summed E-state index contributed by atoms with van der Waals surface area (Å²) in [6, 6.07) is 7.72. The Morgan fingerprint density at radius 1 is 1.42 bits per heavy atom. The van der Waals surface area contributed by atoms with Crippen LogP contribution >= 0.6 is 11.3 Å². The van der Waals surface area contributed by atoms with E-state index in [-0.39, 0.29) is 12.5 Å². The van der Waals surface area contributed by atoms with E-state index in [0.717, 1.165) is 29.3 Å². The van der Waals surface area contributed by atoms with Gasteiger partial charge in [-0.3, -0.25) is 4.79 Å². The van der Waals surface area contributed by atoms with Crippen molar-refractivity contribution in [1.29, 1.82) is 0 Å². The van der Waals surface area contributed by atoms with Crippen LogP contribution in [0, 0.1) is 0 Å². The molecular formula is C14H16N2O2S. The van der Waals surface area contributed by atoms with Gasteiger partial charge in [0, 0.05) is 10.1 Å². The van der Waals surface area contributed by atoms with Crippen LogP contribution in [0.5, 0.6) is 0 Å². The third kappa shape index (κ3) is 1.99. The lowest BCUT2D eigenvalue weighted by atomic mass is 9.77. The maximum Gasteiger partial charge on any atom is 0.264 e. The number of amides is 1. The quantitative estimate of drug-likeness (QED) is 0.804. The largest absolute Gasteiger partial charge is 0.397 e. The molecule has 2 aromatic rings. The van der Waals surface area contributed by atoms with Crippen molar-refractivity contribution < 1.29 is 9.90 Å². The molecule has 100 valence electrons. The lowest BCUT2D eigenvalue weighted by Gasteiger charge is -2.40. The first kappa shape index (κ1) is 12.4. The number of fused-ring (bicyclic) bond motifs is 1. The van der Waals surface area contributed by atoms with Crippen molar-refractivity contribution in [2.24, 2.45) is 0 Å². The molecule has 1 amide bonds. The van der Waals surface area contributed by atoms with Crippen LogP contribution in [-0.2, 0) is 0 Å². The summed E-state index contributed by atoms with van der Waals surface area (Å²) in [5, 5.41) is 13.3. The standard InChI is InChI=1S/C14H16N2O2S/c15-11-9-4-1-2-5-10(9)19-12(11)13(18)16-14(8-17)6-3-7-14/h1-2,4-5,17H,3,6-8,15H2,(H,16,18). The van der Waals surface area contributed by atoms with Crippen LogP contribution < -0.4 is 11.1 Å². The van der Waals surface area contributed by atoms with E-state index in [9.17, 15) is 9.90 Å². The fourth-order valence-electron chi connectivity index (χ4n) is 2.46. The smallest absolute Gasteiger partial charge is 0.264 e. The molecule has 19 heavy (non-hydrogen) atoms. The van der Waals surface area contributed by atoms with Gasteiger partial charge in [-0.1, -0.05) is 18.2 Å². The molecule has 1 fully saturated rings. The molecule has 0 unspecified atom stereocenters. The Morgan fingerprint density at radius 3 is 2.74 bits per heavy atom. The monoisotopic (exact) mass is 276 g/mol. The van der Waals surface area contributed by atoms with Crippen LogP contribution in [0.2, 0.25) is 0 Å². The number of carbonyl (C=O) groups excluding carboxylic acids is 1. The number of thiophene rings is 1. The number of aliphatic hydroxyl groups is 1. The number of nitrogens with one attached hydrogen (secondary N) is 1. The lowest BCUT2D eigenvalue weighted by Crippen LogP contribution is -2.56. The average molecular weight is 276 g/mol. The number of carbonyl (C=O) groups is 1.